The van der Waals surface area contributed by atoms with Gasteiger partial charge in [0.05, 0.1) is 12.0 Å². The molecule has 1 unspecified atom stereocenters. The number of hydrogen-bond acceptors (Lipinski definition) is 5. The molecule has 0 aliphatic rings. The zero-order valence-electron chi connectivity index (χ0n) is 9.08. The molecule has 0 aromatic carbocycles. The molecular weight excluding hydrogens is 206 g/mol. The maximum absolute atomic E-state index is 8.67. The van der Waals surface area contributed by atoms with Gasteiger partial charge in [0.1, 0.15) is 0 Å². The maximum atomic E-state index is 8.67. The van der Waals surface area contributed by atoms with Crippen molar-refractivity contribution in [1.82, 2.24) is 19.7 Å². The van der Waals surface area contributed by atoms with Crippen LogP contribution >= 0.6 is 0 Å². The summed E-state index contributed by atoms with van der Waals surface area (Å²) in [5.41, 5.74) is 0. The fraction of sp³-hybridized carbons (Fsp3) is 0.400. The molecule has 0 bridgehead atoms. The molecule has 82 valence electrons. The number of nitriles is 1. The summed E-state index contributed by atoms with van der Waals surface area (Å²) in [7, 11) is 1.86. The first-order valence-corrected chi connectivity index (χ1v) is 4.90. The van der Waals surface area contributed by atoms with E-state index in [-0.39, 0.29) is 5.92 Å². The van der Waals surface area contributed by atoms with Crippen LogP contribution in [-0.2, 0) is 13.5 Å². The smallest absolute Gasteiger partial charge is 0.238 e. The lowest BCUT2D eigenvalue weighted by atomic mass is 10.1. The van der Waals surface area contributed by atoms with Crippen LogP contribution in [0.25, 0.3) is 11.6 Å². The van der Waals surface area contributed by atoms with Gasteiger partial charge in [0.15, 0.2) is 5.82 Å². The van der Waals surface area contributed by atoms with E-state index in [4.69, 9.17) is 9.78 Å². The van der Waals surface area contributed by atoms with Gasteiger partial charge in [-0.05, 0) is 6.92 Å². The topological polar surface area (TPSA) is 80.5 Å². The van der Waals surface area contributed by atoms with E-state index >= 15 is 0 Å². The van der Waals surface area contributed by atoms with Crippen LogP contribution in [0.1, 0.15) is 12.8 Å². The van der Waals surface area contributed by atoms with E-state index in [0.717, 1.165) is 0 Å². The summed E-state index contributed by atoms with van der Waals surface area (Å²) in [5, 5.41) is 12.5. The third-order valence-electron chi connectivity index (χ3n) is 2.19. The lowest BCUT2D eigenvalue weighted by Gasteiger charge is -1.94. The third-order valence-corrected chi connectivity index (χ3v) is 2.19. The molecule has 6 heteroatoms. The van der Waals surface area contributed by atoms with Gasteiger partial charge in [-0.15, -0.1) is 0 Å². The molecule has 0 spiro atoms. The molecule has 1 atom stereocenters. The van der Waals surface area contributed by atoms with Crippen LogP contribution in [0.4, 0.5) is 0 Å². The minimum Gasteiger partial charge on any atom is -0.339 e. The SMILES string of the molecule is CC(C#N)Cc1nc(-c2nccn2C)no1. The first kappa shape index (κ1) is 10.4. The predicted molar refractivity (Wildman–Crippen MR) is 55.0 cm³/mol. The van der Waals surface area contributed by atoms with Gasteiger partial charge >= 0.3 is 0 Å². The summed E-state index contributed by atoms with van der Waals surface area (Å²) in [6.45, 7) is 1.81. The van der Waals surface area contributed by atoms with Gasteiger partial charge in [-0.25, -0.2) is 4.98 Å². The van der Waals surface area contributed by atoms with Crippen molar-refractivity contribution < 1.29 is 4.52 Å². The average Bonchev–Trinajstić information content (AvgIpc) is 2.86. The first-order chi connectivity index (χ1) is 7.70. The van der Waals surface area contributed by atoms with E-state index in [1.54, 1.807) is 6.20 Å². The van der Waals surface area contributed by atoms with Crippen LogP contribution in [0.15, 0.2) is 16.9 Å². The summed E-state index contributed by atoms with van der Waals surface area (Å²) in [4.78, 5) is 8.30. The Morgan fingerprint density at radius 1 is 1.62 bits per heavy atom. The third kappa shape index (κ3) is 1.93. The number of nitrogens with zero attached hydrogens (tertiary/aromatic N) is 5. The second kappa shape index (κ2) is 4.14. The first-order valence-electron chi connectivity index (χ1n) is 4.90. The van der Waals surface area contributed by atoms with E-state index in [1.807, 2.05) is 24.7 Å². The fourth-order valence-corrected chi connectivity index (χ4v) is 1.32. The van der Waals surface area contributed by atoms with Gasteiger partial charge < -0.3 is 9.09 Å². The van der Waals surface area contributed by atoms with Crippen molar-refractivity contribution >= 4 is 0 Å². The standard InChI is InChI=1S/C10H11N5O/c1-7(6-11)5-8-13-9(14-16-8)10-12-3-4-15(10)2/h3-4,7H,5H2,1-2H3. The van der Waals surface area contributed by atoms with E-state index in [9.17, 15) is 0 Å². The Morgan fingerprint density at radius 3 is 3.06 bits per heavy atom. The Labute approximate surface area is 92.5 Å². The van der Waals surface area contributed by atoms with Crippen molar-refractivity contribution in [1.29, 1.82) is 5.26 Å². The van der Waals surface area contributed by atoms with Crippen molar-refractivity contribution in [2.24, 2.45) is 13.0 Å². The normalized spacial score (nSPS) is 12.3. The van der Waals surface area contributed by atoms with Gasteiger partial charge in [-0.3, -0.25) is 0 Å². The molecule has 0 fully saturated rings. The second-order valence-corrected chi connectivity index (χ2v) is 3.61. The van der Waals surface area contributed by atoms with Crippen LogP contribution < -0.4 is 0 Å². The Kier molecular flexibility index (Phi) is 2.68. The van der Waals surface area contributed by atoms with Crippen LogP contribution in [0, 0.1) is 17.2 Å². The number of hydrogen-bond donors (Lipinski definition) is 0. The van der Waals surface area contributed by atoms with Crippen LogP contribution in [0.3, 0.4) is 0 Å². The van der Waals surface area contributed by atoms with Crippen molar-refractivity contribution in [2.45, 2.75) is 13.3 Å². The van der Waals surface area contributed by atoms with E-state index in [2.05, 4.69) is 21.2 Å². The van der Waals surface area contributed by atoms with Crippen LogP contribution in [0.2, 0.25) is 0 Å². The average molecular weight is 217 g/mol. The molecule has 2 rings (SSSR count). The van der Waals surface area contributed by atoms with E-state index in [1.165, 1.54) is 0 Å². The lowest BCUT2D eigenvalue weighted by molar-refractivity contribution is 0.369. The molecule has 0 aliphatic heterocycles. The van der Waals surface area contributed by atoms with Gasteiger partial charge in [-0.2, -0.15) is 10.2 Å². The van der Waals surface area contributed by atoms with Crippen LogP contribution in [0.5, 0.6) is 0 Å². The molecule has 2 aromatic rings. The van der Waals surface area contributed by atoms with Gasteiger partial charge in [-0.1, -0.05) is 5.16 Å². The molecule has 0 aliphatic carbocycles. The highest BCUT2D eigenvalue weighted by atomic mass is 16.5. The molecule has 2 heterocycles. The quantitative estimate of drug-likeness (QED) is 0.770. The molecule has 2 aromatic heterocycles. The van der Waals surface area contributed by atoms with Crippen molar-refractivity contribution in [2.75, 3.05) is 0 Å². The molecule has 0 saturated heterocycles. The minimum atomic E-state index is -0.130. The highest BCUT2D eigenvalue weighted by Gasteiger charge is 2.14. The van der Waals surface area contributed by atoms with Crippen molar-refractivity contribution in [3.05, 3.63) is 18.3 Å². The number of rotatable bonds is 3. The summed E-state index contributed by atoms with van der Waals surface area (Å²) >= 11 is 0. The number of aromatic nitrogens is 4. The van der Waals surface area contributed by atoms with Gasteiger partial charge in [0.25, 0.3) is 0 Å². The maximum Gasteiger partial charge on any atom is 0.238 e. The molecular formula is C10H11N5O. The van der Waals surface area contributed by atoms with Gasteiger partial charge in [0.2, 0.25) is 11.7 Å². The number of aryl methyl sites for hydroxylation is 1. The molecule has 0 radical (unpaired) electrons. The van der Waals surface area contributed by atoms with Crippen molar-refractivity contribution in [3.63, 3.8) is 0 Å². The Hall–Kier alpha value is -2.16. The Morgan fingerprint density at radius 2 is 2.44 bits per heavy atom. The minimum absolute atomic E-state index is 0.130. The van der Waals surface area contributed by atoms with E-state index < -0.39 is 0 Å². The van der Waals surface area contributed by atoms with Crippen LogP contribution in [-0.4, -0.2) is 19.7 Å². The molecule has 0 saturated carbocycles. The highest BCUT2D eigenvalue weighted by molar-refractivity contribution is 5.42. The Bertz CT molecular complexity index is 521. The summed E-state index contributed by atoms with van der Waals surface area (Å²) in [6, 6.07) is 2.12. The molecule has 0 N–H and O–H groups in total. The highest BCUT2D eigenvalue weighted by Crippen LogP contribution is 2.14. The summed E-state index contributed by atoms with van der Waals surface area (Å²) < 4.78 is 6.86. The molecule has 0 amide bonds. The van der Waals surface area contributed by atoms with Crippen molar-refractivity contribution in [3.8, 4) is 17.7 Å². The lowest BCUT2D eigenvalue weighted by Crippen LogP contribution is -1.97. The number of imidazole rings is 1. The van der Waals surface area contributed by atoms with Gasteiger partial charge in [0, 0.05) is 25.9 Å². The summed E-state index contributed by atoms with van der Waals surface area (Å²) in [6.07, 6.45) is 3.94. The monoisotopic (exact) mass is 217 g/mol. The zero-order chi connectivity index (χ0) is 11.5. The molecule has 6 nitrogen and oxygen atoms in total. The van der Waals surface area contributed by atoms with E-state index in [0.29, 0.717) is 24.0 Å². The summed E-state index contributed by atoms with van der Waals surface area (Å²) in [5.74, 6) is 1.44. The Balaban J connectivity index is 2.21. The largest absolute Gasteiger partial charge is 0.339 e. The molecule has 16 heavy (non-hydrogen) atoms. The fourth-order valence-electron chi connectivity index (χ4n) is 1.32. The second-order valence-electron chi connectivity index (χ2n) is 3.61. The predicted octanol–water partition coefficient (Wildman–Crippen LogP) is 1.17. The zero-order valence-corrected chi connectivity index (χ0v) is 9.08.